The first-order valence-corrected chi connectivity index (χ1v) is 7.47. The third-order valence-electron chi connectivity index (χ3n) is 3.50. The van der Waals surface area contributed by atoms with Gasteiger partial charge in [0.15, 0.2) is 0 Å². The molecule has 0 fully saturated rings. The van der Waals surface area contributed by atoms with E-state index in [1.54, 1.807) is 0 Å². The number of hydrogen-bond donors (Lipinski definition) is 0. The van der Waals surface area contributed by atoms with Crippen molar-refractivity contribution in [3.8, 4) is 0 Å². The van der Waals surface area contributed by atoms with Crippen LogP contribution in [0, 0.1) is 20.8 Å². The summed E-state index contributed by atoms with van der Waals surface area (Å²) in [6.07, 6.45) is 4.03. The molecule has 0 atom stereocenters. The molecule has 0 radical (unpaired) electrons. The summed E-state index contributed by atoms with van der Waals surface area (Å²) in [5.74, 6) is 0. The van der Waals surface area contributed by atoms with E-state index in [2.05, 4.69) is 67.8 Å². The van der Waals surface area contributed by atoms with Gasteiger partial charge in [-0.3, -0.25) is 0 Å². The fourth-order valence-electron chi connectivity index (χ4n) is 2.48. The first-order chi connectivity index (χ1) is 9.97. The third-order valence-corrected chi connectivity index (χ3v) is 3.72. The van der Waals surface area contributed by atoms with Crippen LogP contribution in [0.3, 0.4) is 0 Å². The zero-order chi connectivity index (χ0) is 15.4. The lowest BCUT2D eigenvalue weighted by Gasteiger charge is -2.08. The molecule has 0 aliphatic rings. The van der Waals surface area contributed by atoms with Crippen molar-refractivity contribution in [3.63, 3.8) is 0 Å². The fourth-order valence-corrected chi connectivity index (χ4v) is 2.78. The summed E-state index contributed by atoms with van der Waals surface area (Å²) < 4.78 is 2.11. The largest absolute Gasteiger partial charge is 0.774 e. The minimum atomic E-state index is 0.823. The molecule has 0 bridgehead atoms. The summed E-state index contributed by atoms with van der Waals surface area (Å²) in [5, 5.41) is 0. The van der Waals surface area contributed by atoms with E-state index >= 15 is 0 Å². The zero-order valence-corrected chi connectivity index (χ0v) is 13.9. The van der Waals surface area contributed by atoms with Crippen molar-refractivity contribution in [1.29, 1.82) is 0 Å². The quantitative estimate of drug-likeness (QED) is 0.456. The monoisotopic (exact) mass is 295 g/mol. The lowest BCUT2D eigenvalue weighted by atomic mass is 10.1. The maximum Gasteiger partial charge on any atom is 0.210 e. The van der Waals surface area contributed by atoms with Crippen molar-refractivity contribution in [2.75, 3.05) is 7.05 Å². The number of para-hydroxylation sites is 1. The van der Waals surface area contributed by atoms with E-state index in [1.807, 2.05) is 19.3 Å². The van der Waals surface area contributed by atoms with Gasteiger partial charge in [0.2, 0.25) is 5.69 Å². The van der Waals surface area contributed by atoms with E-state index in [4.69, 9.17) is 12.6 Å². The molecule has 2 rings (SSSR count). The van der Waals surface area contributed by atoms with Gasteiger partial charge in [0.25, 0.3) is 0 Å². The van der Waals surface area contributed by atoms with Gasteiger partial charge in [-0.1, -0.05) is 54.1 Å². The maximum atomic E-state index is 5.48. The lowest BCUT2D eigenvalue weighted by molar-refractivity contribution is -0.399. The van der Waals surface area contributed by atoms with Gasteiger partial charge in [0.05, 0.1) is 0 Å². The van der Waals surface area contributed by atoms with Gasteiger partial charge in [0, 0.05) is 11.1 Å². The number of hydrogen-bond acceptors (Lipinski definition) is 1. The van der Waals surface area contributed by atoms with Crippen LogP contribution in [0.15, 0.2) is 47.4 Å². The van der Waals surface area contributed by atoms with Gasteiger partial charge < -0.3 is 12.6 Å². The second-order valence-corrected chi connectivity index (χ2v) is 5.91. The van der Waals surface area contributed by atoms with Gasteiger partial charge in [0.1, 0.15) is 13.3 Å². The highest BCUT2D eigenvalue weighted by atomic mass is 32.1. The van der Waals surface area contributed by atoms with Crippen molar-refractivity contribution in [2.24, 2.45) is 0 Å². The van der Waals surface area contributed by atoms with Crippen LogP contribution in [0.4, 0.5) is 5.69 Å². The Hall–Kier alpha value is -1.93. The van der Waals surface area contributed by atoms with Crippen LogP contribution in [0.25, 0.3) is 6.08 Å². The molecule has 2 aromatic rings. The zero-order valence-electron chi connectivity index (χ0n) is 13.1. The molecule has 0 spiro atoms. The number of benzene rings is 2. The molecular weight excluding hydrogens is 274 g/mol. The summed E-state index contributed by atoms with van der Waals surface area (Å²) >= 11 is 5.48. The molecule has 0 N–H and O–H groups in total. The Kier molecular flexibility index (Phi) is 4.92. The molecule has 0 saturated heterocycles. The minimum absolute atomic E-state index is 0.823. The summed E-state index contributed by atoms with van der Waals surface area (Å²) in [6.45, 7) is 6.34. The molecule has 0 amide bonds. The molecule has 1 nitrogen and oxygen atoms in total. The minimum Gasteiger partial charge on any atom is -0.774 e. The standard InChI is InChI=1S/C19H21NS/c1-14-8-10-17(11-9-14)12-18(21)13-20(4)19-15(2)6-5-7-16(19)3/h5-13H,1-4H3/b18-12-,20-13?. The number of allylic oxidation sites excluding steroid dienone is 1. The molecule has 0 aromatic heterocycles. The van der Waals surface area contributed by atoms with Crippen molar-refractivity contribution in [3.05, 3.63) is 69.6 Å². The molecular formula is C19H21NS. The van der Waals surface area contributed by atoms with E-state index < -0.39 is 0 Å². The lowest BCUT2D eigenvalue weighted by Crippen LogP contribution is -2.04. The van der Waals surface area contributed by atoms with Gasteiger partial charge in [-0.15, -0.1) is 4.91 Å². The van der Waals surface area contributed by atoms with Crippen LogP contribution < -0.4 is 0 Å². The van der Waals surface area contributed by atoms with Crippen LogP contribution >= 0.6 is 0 Å². The van der Waals surface area contributed by atoms with E-state index in [0.717, 1.165) is 10.5 Å². The molecule has 0 saturated carbocycles. The second-order valence-electron chi connectivity index (χ2n) is 5.44. The number of aryl methyl sites for hydroxylation is 3. The van der Waals surface area contributed by atoms with Crippen LogP contribution in [0.2, 0.25) is 0 Å². The predicted octanol–water partition coefficient (Wildman–Crippen LogP) is 4.54. The molecule has 2 heteroatoms. The summed E-state index contributed by atoms with van der Waals surface area (Å²) in [7, 11) is 2.05. The number of rotatable bonds is 3. The van der Waals surface area contributed by atoms with Crippen molar-refractivity contribution < 1.29 is 4.58 Å². The van der Waals surface area contributed by atoms with Crippen LogP contribution in [0.5, 0.6) is 0 Å². The summed E-state index contributed by atoms with van der Waals surface area (Å²) in [6, 6.07) is 14.7. The highest BCUT2D eigenvalue weighted by Gasteiger charge is 2.10. The summed E-state index contributed by atoms with van der Waals surface area (Å²) in [4.78, 5) is 0.823. The van der Waals surface area contributed by atoms with Gasteiger partial charge in [-0.2, -0.15) is 0 Å². The highest BCUT2D eigenvalue weighted by molar-refractivity contribution is 7.64. The molecule has 0 heterocycles. The average molecular weight is 295 g/mol. The van der Waals surface area contributed by atoms with Gasteiger partial charge in [-0.05, 0) is 26.3 Å². The smallest absolute Gasteiger partial charge is 0.210 e. The summed E-state index contributed by atoms with van der Waals surface area (Å²) in [5.41, 5.74) is 6.13. The Morgan fingerprint density at radius 1 is 0.952 bits per heavy atom. The first kappa shape index (κ1) is 15.5. The van der Waals surface area contributed by atoms with Crippen molar-refractivity contribution in [1.82, 2.24) is 0 Å². The van der Waals surface area contributed by atoms with E-state index in [0.29, 0.717) is 0 Å². The Balaban J connectivity index is 2.32. The number of nitrogens with zero attached hydrogens (tertiary/aromatic N) is 1. The molecule has 0 aliphatic carbocycles. The highest BCUT2D eigenvalue weighted by Crippen LogP contribution is 2.21. The Morgan fingerprint density at radius 3 is 2.10 bits per heavy atom. The predicted molar refractivity (Wildman–Crippen MR) is 94.3 cm³/mol. The van der Waals surface area contributed by atoms with E-state index in [9.17, 15) is 0 Å². The normalized spacial score (nSPS) is 12.6. The van der Waals surface area contributed by atoms with E-state index in [-0.39, 0.29) is 0 Å². The second kappa shape index (κ2) is 6.68. The van der Waals surface area contributed by atoms with Crippen LogP contribution in [0.1, 0.15) is 22.3 Å². The fraction of sp³-hybridized carbons (Fsp3) is 0.211. The van der Waals surface area contributed by atoms with Crippen molar-refractivity contribution in [2.45, 2.75) is 20.8 Å². The first-order valence-electron chi connectivity index (χ1n) is 7.06. The Morgan fingerprint density at radius 2 is 1.52 bits per heavy atom. The molecule has 0 unspecified atom stereocenters. The Bertz CT molecular complexity index is 674. The third kappa shape index (κ3) is 4.02. The maximum absolute atomic E-state index is 5.48. The van der Waals surface area contributed by atoms with Crippen LogP contribution in [-0.4, -0.2) is 17.8 Å². The SMILES string of the molecule is Cc1ccc(/C=C(\[S-])C=[N+](C)c2c(C)cccc2C)cc1. The van der Waals surface area contributed by atoms with Gasteiger partial charge >= 0.3 is 0 Å². The van der Waals surface area contributed by atoms with E-state index in [1.165, 1.54) is 22.4 Å². The van der Waals surface area contributed by atoms with Crippen LogP contribution in [-0.2, 0) is 12.6 Å². The topological polar surface area (TPSA) is 3.01 Å². The molecule has 21 heavy (non-hydrogen) atoms. The van der Waals surface area contributed by atoms with Gasteiger partial charge in [-0.25, -0.2) is 4.58 Å². The average Bonchev–Trinajstić information content (AvgIpc) is 2.41. The Labute approximate surface area is 133 Å². The molecule has 0 aliphatic heterocycles. The molecule has 2 aromatic carbocycles. The molecule has 108 valence electrons. The van der Waals surface area contributed by atoms with Crippen molar-refractivity contribution >= 4 is 30.6 Å².